The molecule has 0 bridgehead atoms. The van der Waals surface area contributed by atoms with E-state index in [0.29, 0.717) is 0 Å². The molecule has 2 fully saturated rings. The molecule has 1 saturated carbocycles. The van der Waals surface area contributed by atoms with E-state index >= 15 is 0 Å². The van der Waals surface area contributed by atoms with Gasteiger partial charge in [0.05, 0.1) is 12.8 Å². The Morgan fingerprint density at radius 3 is 2.63 bits per heavy atom. The number of piperazine rings is 1. The van der Waals surface area contributed by atoms with E-state index in [1.165, 1.54) is 38.0 Å². The molecule has 3 rings (SSSR count). The van der Waals surface area contributed by atoms with Crippen LogP contribution in [0.5, 0.6) is 0 Å². The highest BCUT2D eigenvalue weighted by Crippen LogP contribution is 2.20. The molecule has 1 aromatic heterocycles. The molecule has 0 spiro atoms. The highest BCUT2D eigenvalue weighted by Gasteiger charge is 2.20. The maximum atomic E-state index is 5.68. The summed E-state index contributed by atoms with van der Waals surface area (Å²) >= 11 is 0. The van der Waals surface area contributed by atoms with E-state index < -0.39 is 0 Å². The second-order valence-corrected chi connectivity index (χ2v) is 5.79. The van der Waals surface area contributed by atoms with Crippen LogP contribution in [0, 0.1) is 0 Å². The second kappa shape index (κ2) is 6.07. The first-order chi connectivity index (χ1) is 9.33. The largest absolute Gasteiger partial charge is 0.468 e. The SMILES string of the molecule is CCN1CCN(Cc2cc(CNC3CC3)co2)CC1. The summed E-state index contributed by atoms with van der Waals surface area (Å²) in [6.07, 6.45) is 4.59. The van der Waals surface area contributed by atoms with E-state index in [4.69, 9.17) is 4.42 Å². The average molecular weight is 263 g/mol. The molecule has 0 unspecified atom stereocenters. The summed E-state index contributed by atoms with van der Waals surface area (Å²) in [6, 6.07) is 2.97. The Hall–Kier alpha value is -0.840. The summed E-state index contributed by atoms with van der Waals surface area (Å²) in [5.74, 6) is 1.11. The van der Waals surface area contributed by atoms with Crippen LogP contribution in [-0.4, -0.2) is 48.6 Å². The van der Waals surface area contributed by atoms with Crippen molar-refractivity contribution in [1.82, 2.24) is 15.1 Å². The fraction of sp³-hybridized carbons (Fsp3) is 0.733. The summed E-state index contributed by atoms with van der Waals surface area (Å²) < 4.78 is 5.68. The van der Waals surface area contributed by atoms with Crippen LogP contribution in [0.4, 0.5) is 0 Å². The van der Waals surface area contributed by atoms with Crippen molar-refractivity contribution >= 4 is 0 Å². The third kappa shape index (κ3) is 3.81. The van der Waals surface area contributed by atoms with Gasteiger partial charge in [-0.05, 0) is 25.5 Å². The predicted octanol–water partition coefficient (Wildman–Crippen LogP) is 1.67. The Morgan fingerprint density at radius 2 is 1.95 bits per heavy atom. The molecule has 1 saturated heterocycles. The minimum atomic E-state index is 0.764. The Bertz CT molecular complexity index is 392. The number of rotatable bonds is 6. The van der Waals surface area contributed by atoms with Crippen molar-refractivity contribution in [2.24, 2.45) is 0 Å². The normalized spacial score (nSPS) is 21.9. The molecule has 0 radical (unpaired) electrons. The maximum absolute atomic E-state index is 5.68. The molecule has 1 aliphatic heterocycles. The van der Waals surface area contributed by atoms with Crippen molar-refractivity contribution in [3.8, 4) is 0 Å². The van der Waals surface area contributed by atoms with E-state index in [-0.39, 0.29) is 0 Å². The molecule has 1 N–H and O–H groups in total. The van der Waals surface area contributed by atoms with E-state index in [1.807, 2.05) is 6.26 Å². The molecule has 0 amide bonds. The first kappa shape index (κ1) is 13.2. The van der Waals surface area contributed by atoms with Gasteiger partial charge < -0.3 is 14.6 Å². The van der Waals surface area contributed by atoms with Crippen molar-refractivity contribution in [1.29, 1.82) is 0 Å². The van der Waals surface area contributed by atoms with Gasteiger partial charge >= 0.3 is 0 Å². The minimum Gasteiger partial charge on any atom is -0.468 e. The fourth-order valence-corrected chi connectivity index (χ4v) is 2.64. The third-order valence-electron chi connectivity index (χ3n) is 4.17. The molecule has 4 nitrogen and oxygen atoms in total. The van der Waals surface area contributed by atoms with Crippen molar-refractivity contribution < 1.29 is 4.42 Å². The quantitative estimate of drug-likeness (QED) is 0.846. The highest BCUT2D eigenvalue weighted by atomic mass is 16.3. The van der Waals surface area contributed by atoms with Crippen molar-refractivity contribution in [3.63, 3.8) is 0 Å². The molecule has 2 heterocycles. The smallest absolute Gasteiger partial charge is 0.118 e. The van der Waals surface area contributed by atoms with Crippen molar-refractivity contribution in [3.05, 3.63) is 23.7 Å². The lowest BCUT2D eigenvalue weighted by molar-refractivity contribution is 0.125. The minimum absolute atomic E-state index is 0.764. The molecular formula is C15H25N3O. The lowest BCUT2D eigenvalue weighted by Gasteiger charge is -2.33. The summed E-state index contributed by atoms with van der Waals surface area (Å²) in [5.41, 5.74) is 1.29. The molecule has 0 aromatic carbocycles. The summed E-state index contributed by atoms with van der Waals surface area (Å²) in [5, 5.41) is 3.52. The average Bonchev–Trinajstić information content (AvgIpc) is 3.17. The Labute approximate surface area is 115 Å². The molecule has 0 atom stereocenters. The van der Waals surface area contributed by atoms with Gasteiger partial charge in [0, 0.05) is 44.3 Å². The number of hydrogen-bond donors (Lipinski definition) is 1. The zero-order valence-corrected chi connectivity index (χ0v) is 11.9. The highest BCUT2D eigenvalue weighted by molar-refractivity contribution is 5.13. The van der Waals surface area contributed by atoms with Gasteiger partial charge in [-0.25, -0.2) is 0 Å². The lowest BCUT2D eigenvalue weighted by Crippen LogP contribution is -2.45. The van der Waals surface area contributed by atoms with Gasteiger partial charge in [0.2, 0.25) is 0 Å². The van der Waals surface area contributed by atoms with Crippen LogP contribution in [-0.2, 0) is 13.1 Å². The first-order valence-electron chi connectivity index (χ1n) is 7.58. The van der Waals surface area contributed by atoms with Crippen LogP contribution in [0.1, 0.15) is 31.1 Å². The van der Waals surface area contributed by atoms with Gasteiger partial charge in [-0.3, -0.25) is 4.90 Å². The van der Waals surface area contributed by atoms with Crippen LogP contribution in [0.2, 0.25) is 0 Å². The van der Waals surface area contributed by atoms with Crippen LogP contribution < -0.4 is 5.32 Å². The molecule has 2 aliphatic rings. The van der Waals surface area contributed by atoms with Crippen LogP contribution in [0.3, 0.4) is 0 Å². The van der Waals surface area contributed by atoms with Gasteiger partial charge in [0.1, 0.15) is 5.76 Å². The first-order valence-corrected chi connectivity index (χ1v) is 7.58. The zero-order valence-electron chi connectivity index (χ0n) is 11.9. The van der Waals surface area contributed by atoms with Gasteiger partial charge in [-0.15, -0.1) is 0 Å². The van der Waals surface area contributed by atoms with Crippen molar-refractivity contribution in [2.45, 2.75) is 38.9 Å². The third-order valence-corrected chi connectivity index (χ3v) is 4.17. The van der Waals surface area contributed by atoms with Gasteiger partial charge in [-0.2, -0.15) is 0 Å². The molecule has 106 valence electrons. The lowest BCUT2D eigenvalue weighted by atomic mass is 10.2. The molecule has 19 heavy (non-hydrogen) atoms. The maximum Gasteiger partial charge on any atom is 0.118 e. The number of nitrogens with one attached hydrogen (secondary N) is 1. The Balaban J connectivity index is 1.44. The monoisotopic (exact) mass is 263 g/mol. The number of furan rings is 1. The van der Waals surface area contributed by atoms with Gasteiger partial charge in [0.25, 0.3) is 0 Å². The Kier molecular flexibility index (Phi) is 4.21. The van der Waals surface area contributed by atoms with E-state index in [1.54, 1.807) is 0 Å². The number of likely N-dealkylation sites (N-methyl/N-ethyl adjacent to an activating group) is 1. The molecule has 1 aromatic rings. The topological polar surface area (TPSA) is 31.6 Å². The number of hydrogen-bond acceptors (Lipinski definition) is 4. The van der Waals surface area contributed by atoms with E-state index in [0.717, 1.165) is 38.0 Å². The van der Waals surface area contributed by atoms with Crippen LogP contribution in [0.15, 0.2) is 16.7 Å². The zero-order chi connectivity index (χ0) is 13.1. The molecular weight excluding hydrogens is 238 g/mol. The summed E-state index contributed by atoms with van der Waals surface area (Å²) in [7, 11) is 0. The summed E-state index contributed by atoms with van der Waals surface area (Å²) in [4.78, 5) is 4.99. The fourth-order valence-electron chi connectivity index (χ4n) is 2.64. The predicted molar refractivity (Wildman–Crippen MR) is 76.0 cm³/mol. The number of nitrogens with zero attached hydrogens (tertiary/aromatic N) is 2. The molecule has 1 aliphatic carbocycles. The van der Waals surface area contributed by atoms with Gasteiger partial charge in [-0.1, -0.05) is 6.92 Å². The van der Waals surface area contributed by atoms with Gasteiger partial charge in [0.15, 0.2) is 0 Å². The Morgan fingerprint density at radius 1 is 1.21 bits per heavy atom. The van der Waals surface area contributed by atoms with E-state index in [2.05, 4.69) is 28.1 Å². The summed E-state index contributed by atoms with van der Waals surface area (Å²) in [6.45, 7) is 10.0. The van der Waals surface area contributed by atoms with Crippen molar-refractivity contribution in [2.75, 3.05) is 32.7 Å². The van der Waals surface area contributed by atoms with Crippen LogP contribution in [0.25, 0.3) is 0 Å². The van der Waals surface area contributed by atoms with E-state index in [9.17, 15) is 0 Å². The second-order valence-electron chi connectivity index (χ2n) is 5.79. The van der Waals surface area contributed by atoms with Crippen LogP contribution >= 0.6 is 0 Å². The molecule has 4 heteroatoms. The standard InChI is InChI=1S/C15H25N3O/c1-2-17-5-7-18(8-6-17)11-15-9-13(12-19-15)10-16-14-3-4-14/h9,12,14,16H,2-8,10-11H2,1H3.